The Morgan fingerprint density at radius 2 is 2.43 bits per heavy atom. The van der Waals surface area contributed by atoms with E-state index in [0.717, 1.165) is 5.69 Å². The molecule has 0 spiro atoms. The second-order valence-electron chi connectivity index (χ2n) is 3.54. The Balaban J connectivity index is 2.78. The molecule has 0 aliphatic rings. The minimum Gasteiger partial charge on any atom is -0.468 e. The highest BCUT2D eigenvalue weighted by Gasteiger charge is 2.30. The lowest BCUT2D eigenvalue weighted by molar-refractivity contribution is -0.147. The van der Waals surface area contributed by atoms with Gasteiger partial charge in [-0.05, 0) is 19.9 Å². The topological polar surface area (TPSA) is 70.1 Å². The highest BCUT2D eigenvalue weighted by atomic mass is 16.5. The van der Waals surface area contributed by atoms with Crippen molar-refractivity contribution in [3.63, 3.8) is 0 Å². The summed E-state index contributed by atoms with van der Waals surface area (Å²) in [6, 6.07) is 1.85. The van der Waals surface area contributed by atoms with Crippen LogP contribution >= 0.6 is 0 Å². The van der Waals surface area contributed by atoms with E-state index in [0.29, 0.717) is 6.54 Å². The van der Waals surface area contributed by atoms with E-state index in [1.54, 1.807) is 17.8 Å². The fraction of sp³-hybridized carbons (Fsp3) is 0.556. The molecule has 1 heterocycles. The molecule has 0 amide bonds. The maximum atomic E-state index is 11.3. The summed E-state index contributed by atoms with van der Waals surface area (Å²) in [5.74, 6) is -0.438. The molecule has 0 radical (unpaired) electrons. The van der Waals surface area contributed by atoms with Crippen LogP contribution in [-0.4, -0.2) is 28.4 Å². The first-order valence-corrected chi connectivity index (χ1v) is 4.33. The average molecular weight is 197 g/mol. The molecule has 1 unspecified atom stereocenters. The van der Waals surface area contributed by atoms with E-state index in [1.807, 2.05) is 13.0 Å². The zero-order chi connectivity index (χ0) is 10.8. The summed E-state index contributed by atoms with van der Waals surface area (Å²) in [4.78, 5) is 11.3. The molecule has 5 heteroatoms. The first kappa shape index (κ1) is 10.7. The van der Waals surface area contributed by atoms with Crippen LogP contribution in [0.5, 0.6) is 0 Å². The van der Waals surface area contributed by atoms with Crippen molar-refractivity contribution in [1.82, 2.24) is 9.78 Å². The average Bonchev–Trinajstić information content (AvgIpc) is 2.50. The molecule has 0 bridgehead atoms. The van der Waals surface area contributed by atoms with Crippen LogP contribution in [0.1, 0.15) is 12.6 Å². The summed E-state index contributed by atoms with van der Waals surface area (Å²) >= 11 is 0. The lowest BCUT2D eigenvalue weighted by Crippen LogP contribution is -2.49. The highest BCUT2D eigenvalue weighted by Crippen LogP contribution is 2.07. The van der Waals surface area contributed by atoms with Gasteiger partial charge in [-0.15, -0.1) is 0 Å². The molecule has 0 fully saturated rings. The predicted octanol–water partition coefficient (Wildman–Crippen LogP) is 0.0819. The van der Waals surface area contributed by atoms with Crippen molar-refractivity contribution in [1.29, 1.82) is 0 Å². The Morgan fingerprint density at radius 3 is 2.86 bits per heavy atom. The molecule has 0 aliphatic heterocycles. The molecule has 0 aliphatic carbocycles. The van der Waals surface area contributed by atoms with Crippen LogP contribution in [0.25, 0.3) is 0 Å². The fourth-order valence-electron chi connectivity index (χ4n) is 1.17. The minimum atomic E-state index is -1.04. The smallest absolute Gasteiger partial charge is 0.327 e. The van der Waals surface area contributed by atoms with Crippen molar-refractivity contribution in [2.75, 3.05) is 7.11 Å². The van der Waals surface area contributed by atoms with Crippen molar-refractivity contribution in [3.8, 4) is 0 Å². The minimum absolute atomic E-state index is 0.318. The molecule has 1 rings (SSSR count). The number of rotatable bonds is 3. The predicted molar refractivity (Wildman–Crippen MR) is 51.6 cm³/mol. The van der Waals surface area contributed by atoms with Gasteiger partial charge < -0.3 is 10.5 Å². The molecule has 14 heavy (non-hydrogen) atoms. The van der Waals surface area contributed by atoms with E-state index in [1.165, 1.54) is 7.11 Å². The maximum Gasteiger partial charge on any atom is 0.327 e. The monoisotopic (exact) mass is 197 g/mol. The van der Waals surface area contributed by atoms with Crippen LogP contribution in [0.15, 0.2) is 12.3 Å². The second-order valence-corrected chi connectivity index (χ2v) is 3.54. The van der Waals surface area contributed by atoms with Crippen LogP contribution in [0.4, 0.5) is 0 Å². The van der Waals surface area contributed by atoms with E-state index in [4.69, 9.17) is 5.73 Å². The lowest BCUT2D eigenvalue weighted by Gasteiger charge is -2.21. The number of nitrogens with two attached hydrogens (primary N) is 1. The molecule has 78 valence electrons. The zero-order valence-corrected chi connectivity index (χ0v) is 8.65. The first-order valence-electron chi connectivity index (χ1n) is 4.33. The third-order valence-electron chi connectivity index (χ3n) is 2.06. The summed E-state index contributed by atoms with van der Waals surface area (Å²) in [6.45, 7) is 3.85. The summed E-state index contributed by atoms with van der Waals surface area (Å²) in [5.41, 5.74) is 5.72. The molecule has 2 N–H and O–H groups in total. The van der Waals surface area contributed by atoms with Crippen LogP contribution in [0, 0.1) is 6.92 Å². The van der Waals surface area contributed by atoms with E-state index in [-0.39, 0.29) is 0 Å². The largest absolute Gasteiger partial charge is 0.468 e. The summed E-state index contributed by atoms with van der Waals surface area (Å²) in [7, 11) is 1.32. The van der Waals surface area contributed by atoms with Gasteiger partial charge >= 0.3 is 5.97 Å². The quantitative estimate of drug-likeness (QED) is 0.697. The van der Waals surface area contributed by atoms with Crippen molar-refractivity contribution < 1.29 is 9.53 Å². The number of carbonyl (C=O) groups excluding carboxylic acids is 1. The molecule has 1 aromatic rings. The lowest BCUT2D eigenvalue weighted by atomic mass is 10.1. The van der Waals surface area contributed by atoms with Crippen LogP contribution in [-0.2, 0) is 16.1 Å². The number of aryl methyl sites for hydroxylation is 1. The molecular weight excluding hydrogens is 182 g/mol. The van der Waals surface area contributed by atoms with Crippen LogP contribution in [0.3, 0.4) is 0 Å². The van der Waals surface area contributed by atoms with Crippen LogP contribution in [0.2, 0.25) is 0 Å². The van der Waals surface area contributed by atoms with Crippen molar-refractivity contribution in [2.45, 2.75) is 25.9 Å². The van der Waals surface area contributed by atoms with Gasteiger partial charge in [0.05, 0.1) is 13.7 Å². The van der Waals surface area contributed by atoms with Gasteiger partial charge in [-0.25, -0.2) is 0 Å². The maximum absolute atomic E-state index is 11.3. The number of nitrogens with zero attached hydrogens (tertiary/aromatic N) is 2. The van der Waals surface area contributed by atoms with Gasteiger partial charge in [0.2, 0.25) is 0 Å². The molecule has 0 saturated carbocycles. The van der Waals surface area contributed by atoms with Crippen molar-refractivity contribution in [3.05, 3.63) is 18.0 Å². The zero-order valence-electron chi connectivity index (χ0n) is 8.65. The first-order chi connectivity index (χ1) is 6.47. The van der Waals surface area contributed by atoms with Crippen LogP contribution < -0.4 is 5.73 Å². The molecule has 0 aromatic carbocycles. The Bertz CT molecular complexity index is 331. The third kappa shape index (κ3) is 2.11. The van der Waals surface area contributed by atoms with Crippen molar-refractivity contribution >= 4 is 5.97 Å². The highest BCUT2D eigenvalue weighted by molar-refractivity contribution is 5.79. The Labute approximate surface area is 82.8 Å². The van der Waals surface area contributed by atoms with Gasteiger partial charge in [0.15, 0.2) is 0 Å². The number of aromatic nitrogens is 2. The molecule has 1 aromatic heterocycles. The Hall–Kier alpha value is -1.36. The summed E-state index contributed by atoms with van der Waals surface area (Å²) < 4.78 is 6.28. The number of carbonyl (C=O) groups is 1. The third-order valence-corrected chi connectivity index (χ3v) is 2.06. The molecular formula is C9H15N3O2. The van der Waals surface area contributed by atoms with E-state index >= 15 is 0 Å². The Morgan fingerprint density at radius 1 is 1.79 bits per heavy atom. The number of hydrogen-bond donors (Lipinski definition) is 1. The van der Waals surface area contributed by atoms with Gasteiger partial charge in [0, 0.05) is 11.9 Å². The normalized spacial score (nSPS) is 14.9. The number of methoxy groups -OCH3 is 1. The Kier molecular flexibility index (Phi) is 2.90. The van der Waals surface area contributed by atoms with E-state index < -0.39 is 11.5 Å². The molecule has 1 atom stereocenters. The van der Waals surface area contributed by atoms with Gasteiger partial charge in [-0.3, -0.25) is 9.48 Å². The van der Waals surface area contributed by atoms with Gasteiger partial charge in [0.1, 0.15) is 5.54 Å². The van der Waals surface area contributed by atoms with Gasteiger partial charge in [0.25, 0.3) is 0 Å². The van der Waals surface area contributed by atoms with E-state index in [2.05, 4.69) is 9.84 Å². The number of ether oxygens (including phenoxy) is 1. The summed E-state index contributed by atoms with van der Waals surface area (Å²) in [6.07, 6.45) is 1.67. The second kappa shape index (κ2) is 3.79. The van der Waals surface area contributed by atoms with Gasteiger partial charge in [-0.1, -0.05) is 0 Å². The van der Waals surface area contributed by atoms with Crippen molar-refractivity contribution in [2.24, 2.45) is 5.73 Å². The number of esters is 1. The number of hydrogen-bond acceptors (Lipinski definition) is 4. The van der Waals surface area contributed by atoms with Gasteiger partial charge in [-0.2, -0.15) is 5.10 Å². The SMILES string of the molecule is COC(=O)C(C)(N)Cn1nccc1C. The molecule has 5 nitrogen and oxygen atoms in total. The fourth-order valence-corrected chi connectivity index (χ4v) is 1.17. The van der Waals surface area contributed by atoms with E-state index in [9.17, 15) is 4.79 Å². The summed E-state index contributed by atoms with van der Waals surface area (Å²) in [5, 5.41) is 4.05. The molecule has 0 saturated heterocycles. The standard InChI is InChI=1S/C9H15N3O2/c1-7-4-5-11-12(7)6-9(2,10)8(13)14-3/h4-5H,6,10H2,1-3H3.